The first-order chi connectivity index (χ1) is 12.0. The molecule has 1 N–H and O–H groups in total. The van der Waals surface area contributed by atoms with E-state index < -0.39 is 0 Å². The number of anilines is 2. The third-order valence-corrected chi connectivity index (χ3v) is 4.34. The van der Waals surface area contributed by atoms with Gasteiger partial charge in [0.15, 0.2) is 0 Å². The molecule has 7 heteroatoms. The van der Waals surface area contributed by atoms with Gasteiger partial charge in [-0.05, 0) is 46.2 Å². The molecule has 7 nitrogen and oxygen atoms in total. The van der Waals surface area contributed by atoms with Crippen LogP contribution in [0.15, 0.2) is 12.1 Å². The normalized spacial score (nSPS) is 17.8. The van der Waals surface area contributed by atoms with Gasteiger partial charge in [0.2, 0.25) is 5.95 Å². The molecule has 3 rings (SSSR count). The number of hydrogen-bond donors (Lipinski definition) is 1. The highest BCUT2D eigenvalue weighted by atomic mass is 16.5. The Hall–Kier alpha value is -2.12. The minimum atomic E-state index is 0.246. The maximum absolute atomic E-state index is 5.23. The number of rotatable bonds is 6. The summed E-state index contributed by atoms with van der Waals surface area (Å²) >= 11 is 0. The fourth-order valence-corrected chi connectivity index (χ4v) is 3.30. The molecule has 1 fully saturated rings. The summed E-state index contributed by atoms with van der Waals surface area (Å²) < 4.78 is 5.23. The third kappa shape index (κ3) is 4.49. The van der Waals surface area contributed by atoms with Gasteiger partial charge in [-0.25, -0.2) is 19.9 Å². The molecule has 0 bridgehead atoms. The topological polar surface area (TPSA) is 76.1 Å². The second kappa shape index (κ2) is 7.84. The van der Waals surface area contributed by atoms with Crippen LogP contribution in [0.5, 0.6) is 0 Å². The highest BCUT2D eigenvalue weighted by Gasteiger charge is 2.28. The fraction of sp³-hybridized carbons (Fsp3) is 0.556. The molecule has 0 saturated carbocycles. The van der Waals surface area contributed by atoms with E-state index in [1.165, 1.54) is 0 Å². The summed E-state index contributed by atoms with van der Waals surface area (Å²) in [5.74, 6) is 2.18. The second-order valence-corrected chi connectivity index (χ2v) is 6.54. The van der Waals surface area contributed by atoms with Gasteiger partial charge in [0.25, 0.3) is 0 Å². The van der Waals surface area contributed by atoms with Crippen molar-refractivity contribution in [3.05, 3.63) is 35.0 Å². The molecule has 2 aromatic rings. The minimum absolute atomic E-state index is 0.246. The zero-order valence-corrected chi connectivity index (χ0v) is 15.4. The molecule has 1 atom stereocenters. The quantitative estimate of drug-likeness (QED) is 0.865. The number of ether oxygens (including phenoxy) is 1. The Bertz CT molecular complexity index is 715. The van der Waals surface area contributed by atoms with Crippen molar-refractivity contribution in [3.8, 4) is 0 Å². The standard InChI is InChI=1S/C18H26N6O/c1-12-10-13(2)21-18(20-12)23-16-11-14(3)19-17(22-16)15-6-5-7-24(15)8-9-25-4/h10-11,15H,5-9H2,1-4H3,(H,19,20,21,22,23). The van der Waals surface area contributed by atoms with Crippen LogP contribution in [-0.4, -0.2) is 51.6 Å². The third-order valence-electron chi connectivity index (χ3n) is 4.34. The molecule has 1 aliphatic rings. The van der Waals surface area contributed by atoms with E-state index in [-0.39, 0.29) is 6.04 Å². The van der Waals surface area contributed by atoms with Crippen LogP contribution in [0.1, 0.15) is 41.8 Å². The maximum atomic E-state index is 5.23. The molecular weight excluding hydrogens is 316 g/mol. The molecular formula is C18H26N6O. The molecule has 2 aromatic heterocycles. The summed E-state index contributed by atoms with van der Waals surface area (Å²) in [5.41, 5.74) is 2.81. The molecule has 0 aromatic carbocycles. The minimum Gasteiger partial charge on any atom is -0.383 e. The lowest BCUT2D eigenvalue weighted by atomic mass is 10.2. The van der Waals surface area contributed by atoms with E-state index in [2.05, 4.69) is 25.2 Å². The summed E-state index contributed by atoms with van der Waals surface area (Å²) in [4.78, 5) is 20.7. The average molecular weight is 342 g/mol. The van der Waals surface area contributed by atoms with Crippen LogP contribution < -0.4 is 5.32 Å². The van der Waals surface area contributed by atoms with E-state index in [1.54, 1.807) is 7.11 Å². The lowest BCUT2D eigenvalue weighted by molar-refractivity contribution is 0.139. The molecule has 0 amide bonds. The molecule has 0 radical (unpaired) electrons. The Kier molecular flexibility index (Phi) is 5.55. The largest absolute Gasteiger partial charge is 0.383 e. The van der Waals surface area contributed by atoms with E-state index in [0.717, 1.165) is 61.3 Å². The Labute approximate surface area is 148 Å². The molecule has 1 aliphatic heterocycles. The van der Waals surface area contributed by atoms with Crippen LogP contribution in [0.25, 0.3) is 0 Å². The van der Waals surface area contributed by atoms with Crippen LogP contribution >= 0.6 is 0 Å². The van der Waals surface area contributed by atoms with E-state index in [1.807, 2.05) is 32.9 Å². The first-order valence-electron chi connectivity index (χ1n) is 8.73. The van der Waals surface area contributed by atoms with Crippen LogP contribution in [0.2, 0.25) is 0 Å². The predicted molar refractivity (Wildman–Crippen MR) is 97.0 cm³/mol. The van der Waals surface area contributed by atoms with Crippen molar-refractivity contribution < 1.29 is 4.74 Å². The Balaban J connectivity index is 1.82. The van der Waals surface area contributed by atoms with Crippen LogP contribution in [-0.2, 0) is 4.74 Å². The maximum Gasteiger partial charge on any atom is 0.228 e. The van der Waals surface area contributed by atoms with E-state index >= 15 is 0 Å². The fourth-order valence-electron chi connectivity index (χ4n) is 3.30. The highest BCUT2D eigenvalue weighted by molar-refractivity contribution is 5.48. The van der Waals surface area contributed by atoms with Crippen molar-refractivity contribution in [1.29, 1.82) is 0 Å². The Morgan fingerprint density at radius 3 is 2.52 bits per heavy atom. The summed E-state index contributed by atoms with van der Waals surface area (Å²) in [7, 11) is 1.74. The molecule has 3 heterocycles. The molecule has 0 spiro atoms. The van der Waals surface area contributed by atoms with Crippen LogP contribution in [0.3, 0.4) is 0 Å². The molecule has 0 aliphatic carbocycles. The van der Waals surface area contributed by atoms with Gasteiger partial charge in [0.1, 0.15) is 11.6 Å². The van der Waals surface area contributed by atoms with Gasteiger partial charge in [-0.1, -0.05) is 0 Å². The van der Waals surface area contributed by atoms with E-state index in [4.69, 9.17) is 9.72 Å². The second-order valence-electron chi connectivity index (χ2n) is 6.54. The smallest absolute Gasteiger partial charge is 0.228 e. The van der Waals surface area contributed by atoms with Gasteiger partial charge in [-0.15, -0.1) is 0 Å². The van der Waals surface area contributed by atoms with Gasteiger partial charge in [-0.2, -0.15) is 0 Å². The zero-order chi connectivity index (χ0) is 17.8. The van der Waals surface area contributed by atoms with Crippen molar-refractivity contribution >= 4 is 11.8 Å². The van der Waals surface area contributed by atoms with E-state index in [0.29, 0.717) is 5.95 Å². The van der Waals surface area contributed by atoms with Gasteiger partial charge in [0.05, 0.1) is 12.6 Å². The predicted octanol–water partition coefficient (Wildman–Crippen LogP) is 2.72. The highest BCUT2D eigenvalue weighted by Crippen LogP contribution is 2.30. The first-order valence-corrected chi connectivity index (χ1v) is 8.73. The number of likely N-dealkylation sites (tertiary alicyclic amines) is 1. The number of methoxy groups -OCH3 is 1. The van der Waals surface area contributed by atoms with Crippen LogP contribution in [0, 0.1) is 20.8 Å². The Morgan fingerprint density at radius 1 is 1.08 bits per heavy atom. The first kappa shape index (κ1) is 17.7. The van der Waals surface area contributed by atoms with Crippen molar-refractivity contribution in [2.45, 2.75) is 39.7 Å². The average Bonchev–Trinajstić information content (AvgIpc) is 2.99. The number of nitrogens with one attached hydrogen (secondary N) is 1. The molecule has 25 heavy (non-hydrogen) atoms. The van der Waals surface area contributed by atoms with Crippen molar-refractivity contribution in [3.63, 3.8) is 0 Å². The molecule has 1 saturated heterocycles. The van der Waals surface area contributed by atoms with Gasteiger partial charge in [-0.3, -0.25) is 4.90 Å². The van der Waals surface area contributed by atoms with Gasteiger partial charge < -0.3 is 10.1 Å². The molecule has 1 unspecified atom stereocenters. The van der Waals surface area contributed by atoms with Gasteiger partial charge in [0, 0.05) is 36.8 Å². The lowest BCUT2D eigenvalue weighted by Gasteiger charge is -2.23. The molecule has 134 valence electrons. The number of hydrogen-bond acceptors (Lipinski definition) is 7. The van der Waals surface area contributed by atoms with Crippen molar-refractivity contribution in [2.24, 2.45) is 0 Å². The Morgan fingerprint density at radius 2 is 1.80 bits per heavy atom. The summed E-state index contributed by atoms with van der Waals surface area (Å²) in [6.07, 6.45) is 2.24. The van der Waals surface area contributed by atoms with Crippen molar-refractivity contribution in [2.75, 3.05) is 32.1 Å². The SMILES string of the molecule is COCCN1CCCC1c1nc(C)cc(Nc2nc(C)cc(C)n2)n1. The number of aromatic nitrogens is 4. The summed E-state index contributed by atoms with van der Waals surface area (Å²) in [5, 5.41) is 3.23. The van der Waals surface area contributed by atoms with Crippen molar-refractivity contribution in [1.82, 2.24) is 24.8 Å². The number of nitrogens with zero attached hydrogens (tertiary/aromatic N) is 5. The lowest BCUT2D eigenvalue weighted by Crippen LogP contribution is -2.28. The summed E-state index contributed by atoms with van der Waals surface area (Å²) in [6, 6.07) is 4.13. The monoisotopic (exact) mass is 342 g/mol. The zero-order valence-electron chi connectivity index (χ0n) is 15.4. The number of aryl methyl sites for hydroxylation is 3. The van der Waals surface area contributed by atoms with Crippen LogP contribution in [0.4, 0.5) is 11.8 Å². The van der Waals surface area contributed by atoms with Gasteiger partial charge >= 0.3 is 0 Å². The van der Waals surface area contributed by atoms with E-state index in [9.17, 15) is 0 Å². The summed E-state index contributed by atoms with van der Waals surface area (Å²) in [6.45, 7) is 8.61.